The summed E-state index contributed by atoms with van der Waals surface area (Å²) in [4.78, 5) is 0. The molecular weight excluding hydrogens is 520 g/mol. The highest BCUT2D eigenvalue weighted by Gasteiger charge is 2.21. The molecule has 0 saturated heterocycles. The van der Waals surface area contributed by atoms with Gasteiger partial charge in [-0.15, -0.1) is 0 Å². The number of hydrogen-bond donors (Lipinski definition) is 0. The molecule has 1 aromatic heterocycles. The van der Waals surface area contributed by atoms with Crippen molar-refractivity contribution in [1.82, 2.24) is 0 Å². The molecule has 0 atom stereocenters. The van der Waals surface area contributed by atoms with E-state index in [1.54, 1.807) is 0 Å². The van der Waals surface area contributed by atoms with E-state index >= 15 is 0 Å². The normalized spacial score (nSPS) is 12.2. The average molecular weight is 545 g/mol. The van der Waals surface area contributed by atoms with Crippen LogP contribution in [0, 0.1) is 0 Å². The van der Waals surface area contributed by atoms with E-state index in [0.717, 1.165) is 11.2 Å². The fourth-order valence-electron chi connectivity index (χ4n) is 7.64. The van der Waals surface area contributed by atoms with Crippen LogP contribution in [0.2, 0.25) is 0 Å². The number of furan rings is 1. The topological polar surface area (TPSA) is 13.1 Å². The lowest BCUT2D eigenvalue weighted by atomic mass is 9.83. The summed E-state index contributed by atoms with van der Waals surface area (Å²) in [5.74, 6) is 0. The Kier molecular flexibility index (Phi) is 4.51. The van der Waals surface area contributed by atoms with Gasteiger partial charge in [0.05, 0.1) is 0 Å². The van der Waals surface area contributed by atoms with E-state index in [1.165, 1.54) is 86.9 Å². The maximum Gasteiger partial charge on any atom is 0.136 e. The summed E-state index contributed by atoms with van der Waals surface area (Å²) in [7, 11) is 0. The summed E-state index contributed by atoms with van der Waals surface area (Å²) in [6.45, 7) is 0. The van der Waals surface area contributed by atoms with Crippen molar-refractivity contribution >= 4 is 75.8 Å². The number of hydrogen-bond acceptors (Lipinski definition) is 1. The monoisotopic (exact) mass is 544 g/mol. The van der Waals surface area contributed by atoms with E-state index in [1.807, 2.05) is 0 Å². The number of fused-ring (bicyclic) bond motifs is 5. The second kappa shape index (κ2) is 8.44. The third-order valence-corrected chi connectivity index (χ3v) is 9.40. The molecule has 1 heteroatoms. The van der Waals surface area contributed by atoms with Crippen molar-refractivity contribution in [2.75, 3.05) is 0 Å². The first-order chi connectivity index (χ1) is 21.3. The molecular formula is C42H24O. The Balaban J connectivity index is 1.39. The van der Waals surface area contributed by atoms with Crippen LogP contribution in [-0.4, -0.2) is 0 Å². The van der Waals surface area contributed by atoms with Gasteiger partial charge in [0.15, 0.2) is 0 Å². The third kappa shape index (κ3) is 3.06. The van der Waals surface area contributed by atoms with Crippen LogP contribution in [0.25, 0.3) is 98.1 Å². The molecule has 0 N–H and O–H groups in total. The van der Waals surface area contributed by atoms with Gasteiger partial charge in [-0.2, -0.15) is 0 Å². The molecule has 10 rings (SSSR count). The Bertz CT molecular complexity index is 2670. The van der Waals surface area contributed by atoms with Gasteiger partial charge in [0.1, 0.15) is 11.2 Å². The van der Waals surface area contributed by atoms with Gasteiger partial charge in [-0.05, 0) is 94.3 Å². The molecule has 0 unspecified atom stereocenters. The standard InChI is InChI=1S/C42H24O/c1-2-12-28-25(9-1)19-20-26-10-7-17-35(38(26)28)41-31-15-5-3-13-29(31)40(30-14-4-6-16-32(30)41)33-23-24-37-42-34(33)22-21-27-11-8-18-36(43-37)39(27)42/h1-24H. The van der Waals surface area contributed by atoms with Crippen LogP contribution in [0.15, 0.2) is 150 Å². The molecule has 43 heavy (non-hydrogen) atoms. The minimum Gasteiger partial charge on any atom is -0.456 e. The minimum absolute atomic E-state index is 0.943. The number of benzene rings is 9. The van der Waals surface area contributed by atoms with E-state index in [2.05, 4.69) is 146 Å². The Labute approximate surface area is 247 Å². The van der Waals surface area contributed by atoms with Crippen molar-refractivity contribution in [2.24, 2.45) is 0 Å². The van der Waals surface area contributed by atoms with Crippen molar-refractivity contribution in [3.05, 3.63) is 146 Å². The van der Waals surface area contributed by atoms with Gasteiger partial charge in [0, 0.05) is 10.8 Å². The molecule has 0 fully saturated rings. The molecule has 0 amide bonds. The van der Waals surface area contributed by atoms with E-state index < -0.39 is 0 Å². The molecule has 0 spiro atoms. The smallest absolute Gasteiger partial charge is 0.136 e. The average Bonchev–Trinajstić information content (AvgIpc) is 3.46. The Morgan fingerprint density at radius 1 is 0.279 bits per heavy atom. The van der Waals surface area contributed by atoms with Gasteiger partial charge >= 0.3 is 0 Å². The molecule has 198 valence electrons. The summed E-state index contributed by atoms with van der Waals surface area (Å²) in [6, 6.07) is 53.2. The Morgan fingerprint density at radius 2 is 0.814 bits per heavy atom. The highest BCUT2D eigenvalue weighted by molar-refractivity contribution is 6.30. The van der Waals surface area contributed by atoms with Gasteiger partial charge in [-0.1, -0.05) is 127 Å². The van der Waals surface area contributed by atoms with Crippen LogP contribution < -0.4 is 0 Å². The molecule has 0 saturated carbocycles. The second-order valence-electron chi connectivity index (χ2n) is 11.6. The van der Waals surface area contributed by atoms with Crippen LogP contribution in [-0.2, 0) is 0 Å². The van der Waals surface area contributed by atoms with Gasteiger partial charge in [0.25, 0.3) is 0 Å². The van der Waals surface area contributed by atoms with Crippen LogP contribution >= 0.6 is 0 Å². The first kappa shape index (κ1) is 23.0. The van der Waals surface area contributed by atoms with Crippen LogP contribution in [0.1, 0.15) is 0 Å². The van der Waals surface area contributed by atoms with Crippen molar-refractivity contribution in [3.8, 4) is 22.3 Å². The van der Waals surface area contributed by atoms with Crippen LogP contribution in [0.4, 0.5) is 0 Å². The Hall–Kier alpha value is -5.66. The predicted molar refractivity (Wildman–Crippen MR) is 183 cm³/mol. The lowest BCUT2D eigenvalue weighted by Gasteiger charge is -2.20. The number of rotatable bonds is 2. The summed E-state index contributed by atoms with van der Waals surface area (Å²) < 4.78 is 6.33. The first-order valence-electron chi connectivity index (χ1n) is 14.9. The predicted octanol–water partition coefficient (Wildman–Crippen LogP) is 12.1. The fraction of sp³-hybridized carbons (Fsp3) is 0. The lowest BCUT2D eigenvalue weighted by molar-refractivity contribution is 0.669. The van der Waals surface area contributed by atoms with Gasteiger partial charge < -0.3 is 4.42 Å². The molecule has 0 radical (unpaired) electrons. The third-order valence-electron chi connectivity index (χ3n) is 9.40. The Morgan fingerprint density at radius 3 is 1.56 bits per heavy atom. The van der Waals surface area contributed by atoms with E-state index in [0.29, 0.717) is 0 Å². The largest absolute Gasteiger partial charge is 0.456 e. The lowest BCUT2D eigenvalue weighted by Crippen LogP contribution is -1.92. The minimum atomic E-state index is 0.943. The zero-order valence-corrected chi connectivity index (χ0v) is 23.3. The highest BCUT2D eigenvalue weighted by atomic mass is 16.3. The molecule has 0 bridgehead atoms. The summed E-state index contributed by atoms with van der Waals surface area (Å²) >= 11 is 0. The maximum atomic E-state index is 6.33. The van der Waals surface area contributed by atoms with Crippen molar-refractivity contribution in [1.29, 1.82) is 0 Å². The zero-order chi connectivity index (χ0) is 28.1. The van der Waals surface area contributed by atoms with E-state index in [-0.39, 0.29) is 0 Å². The second-order valence-corrected chi connectivity index (χ2v) is 11.6. The molecule has 9 aromatic carbocycles. The molecule has 0 aliphatic rings. The molecule has 1 nitrogen and oxygen atoms in total. The molecule has 10 aromatic rings. The molecule has 1 heterocycles. The quantitative estimate of drug-likeness (QED) is 0.156. The zero-order valence-electron chi connectivity index (χ0n) is 23.3. The maximum absolute atomic E-state index is 6.33. The highest BCUT2D eigenvalue weighted by Crippen LogP contribution is 2.49. The van der Waals surface area contributed by atoms with Crippen molar-refractivity contribution in [3.63, 3.8) is 0 Å². The van der Waals surface area contributed by atoms with Gasteiger partial charge in [0.2, 0.25) is 0 Å². The van der Waals surface area contributed by atoms with Crippen molar-refractivity contribution < 1.29 is 4.42 Å². The summed E-state index contributed by atoms with van der Waals surface area (Å²) in [6.07, 6.45) is 0. The fourth-order valence-corrected chi connectivity index (χ4v) is 7.64. The van der Waals surface area contributed by atoms with Crippen LogP contribution in [0.3, 0.4) is 0 Å². The van der Waals surface area contributed by atoms with E-state index in [9.17, 15) is 0 Å². The van der Waals surface area contributed by atoms with Crippen LogP contribution in [0.5, 0.6) is 0 Å². The molecule has 0 aliphatic carbocycles. The summed E-state index contributed by atoms with van der Waals surface area (Å²) in [5.41, 5.74) is 6.97. The van der Waals surface area contributed by atoms with Crippen molar-refractivity contribution in [2.45, 2.75) is 0 Å². The van der Waals surface area contributed by atoms with E-state index in [4.69, 9.17) is 4.42 Å². The first-order valence-corrected chi connectivity index (χ1v) is 14.9. The van der Waals surface area contributed by atoms with Gasteiger partial charge in [-0.3, -0.25) is 0 Å². The SMILES string of the molecule is c1ccc2c(c1)ccc1cccc(-c3c4ccccc4c(-c4ccc5oc6cccc7ccc4c5c76)c4ccccc34)c12. The molecule has 0 aliphatic heterocycles. The van der Waals surface area contributed by atoms with Gasteiger partial charge in [-0.25, -0.2) is 0 Å². The summed E-state index contributed by atoms with van der Waals surface area (Å²) in [5, 5.41) is 15.0.